The van der Waals surface area contributed by atoms with Gasteiger partial charge >= 0.3 is 0 Å². The second kappa shape index (κ2) is 16.5. The number of hydrogen-bond donors (Lipinski definition) is 0. The number of benzene rings is 8. The van der Waals surface area contributed by atoms with Crippen LogP contribution in [-0.4, -0.2) is 0 Å². The summed E-state index contributed by atoms with van der Waals surface area (Å²) >= 11 is 7.49. The quantitative estimate of drug-likeness (QED) is 0.137. The molecule has 57 heavy (non-hydrogen) atoms. The molecule has 9 rings (SSSR count). The predicted octanol–water partition coefficient (Wildman–Crippen LogP) is 15.5. The van der Waals surface area contributed by atoms with Gasteiger partial charge in [0, 0.05) is 34.1 Å². The highest BCUT2D eigenvalue weighted by Gasteiger charge is 2.25. The van der Waals surface area contributed by atoms with Gasteiger partial charge in [-0.15, -0.1) is 0 Å². The molecule has 0 heterocycles. The molecule has 0 bridgehead atoms. The van der Waals surface area contributed by atoms with Crippen molar-refractivity contribution in [3.05, 3.63) is 241 Å². The highest BCUT2D eigenvalue weighted by Crippen LogP contribution is 2.43. The lowest BCUT2D eigenvalue weighted by Gasteiger charge is -2.34. The minimum absolute atomic E-state index is 0.724. The summed E-state index contributed by atoms with van der Waals surface area (Å²) in [6.07, 6.45) is 3.72. The van der Waals surface area contributed by atoms with Crippen LogP contribution in [0.4, 0.5) is 22.7 Å². The average Bonchev–Trinajstić information content (AvgIpc) is 3.29. The van der Waals surface area contributed by atoms with Gasteiger partial charge in [0.1, 0.15) is 0 Å². The van der Waals surface area contributed by atoms with Crippen molar-refractivity contribution in [2.24, 2.45) is 0 Å². The molecule has 0 saturated heterocycles. The molecule has 0 fully saturated rings. The summed E-state index contributed by atoms with van der Waals surface area (Å²) in [5.74, 6) is 0. The van der Waals surface area contributed by atoms with E-state index in [0.29, 0.717) is 0 Å². The van der Waals surface area contributed by atoms with Gasteiger partial charge in [0.15, 0.2) is 0 Å². The molecule has 8 aromatic carbocycles. The molecule has 0 spiro atoms. The van der Waals surface area contributed by atoms with Crippen LogP contribution < -0.4 is 9.80 Å². The Morgan fingerprint density at radius 2 is 0.544 bits per heavy atom. The van der Waals surface area contributed by atoms with Crippen molar-refractivity contribution in [2.45, 2.75) is 12.8 Å². The van der Waals surface area contributed by atoms with Crippen LogP contribution in [0.25, 0.3) is 44.5 Å². The SMILES string of the molecule is ClC1=C(N(c2ccc(-c3ccccc3)cc2)c2ccc(-c3ccccc3)cc2)CCC(N(c2ccc(-c3ccccc3)cc2)c2ccc(-c3ccccc3)cc2)=C1. The summed E-state index contributed by atoms with van der Waals surface area (Å²) in [4.78, 5) is 4.68. The standard InChI is InChI=1S/C54H41ClN2/c55-53-39-52(56(48-29-21-44(22-30-48)40-13-5-1-6-14-40)49-31-23-45(24-32-49)41-15-7-2-8-16-41)37-38-54(53)57(50-33-25-46(26-34-50)42-17-9-3-10-18-42)51-35-27-47(28-36-51)43-19-11-4-12-20-43/h1-36,39H,37-38H2. The maximum atomic E-state index is 7.49. The maximum Gasteiger partial charge on any atom is 0.0622 e. The zero-order valence-corrected chi connectivity index (χ0v) is 32.3. The fraction of sp³-hybridized carbons (Fsp3) is 0.0370. The van der Waals surface area contributed by atoms with Crippen molar-refractivity contribution in [1.29, 1.82) is 0 Å². The summed E-state index contributed by atoms with van der Waals surface area (Å²) in [5, 5.41) is 0.724. The molecular formula is C54H41ClN2. The third-order valence-corrected chi connectivity index (χ3v) is 11.0. The van der Waals surface area contributed by atoms with Gasteiger partial charge in [-0.05, 0) is 112 Å². The first-order valence-electron chi connectivity index (χ1n) is 19.5. The molecule has 0 unspecified atom stereocenters. The number of anilines is 4. The fourth-order valence-corrected chi connectivity index (χ4v) is 8.04. The Morgan fingerprint density at radius 1 is 0.281 bits per heavy atom. The average molecular weight is 753 g/mol. The fourth-order valence-electron chi connectivity index (χ4n) is 7.74. The Labute approximate surface area is 340 Å². The molecule has 0 aromatic heterocycles. The van der Waals surface area contributed by atoms with Crippen LogP contribution in [-0.2, 0) is 0 Å². The Hall–Kier alpha value is -6.87. The topological polar surface area (TPSA) is 6.48 Å². The second-order valence-electron chi connectivity index (χ2n) is 14.3. The van der Waals surface area contributed by atoms with Crippen molar-refractivity contribution >= 4 is 34.4 Å². The first kappa shape index (κ1) is 35.8. The number of halogens is 1. The van der Waals surface area contributed by atoms with Crippen LogP contribution in [0.3, 0.4) is 0 Å². The Morgan fingerprint density at radius 3 is 0.825 bits per heavy atom. The van der Waals surface area contributed by atoms with E-state index in [9.17, 15) is 0 Å². The number of nitrogens with zero attached hydrogens (tertiary/aromatic N) is 2. The molecule has 2 nitrogen and oxygen atoms in total. The maximum absolute atomic E-state index is 7.49. The van der Waals surface area contributed by atoms with Crippen molar-refractivity contribution in [3.8, 4) is 44.5 Å². The van der Waals surface area contributed by atoms with E-state index in [4.69, 9.17) is 11.6 Å². The lowest BCUT2D eigenvalue weighted by atomic mass is 10.00. The van der Waals surface area contributed by atoms with Gasteiger partial charge in [-0.1, -0.05) is 181 Å². The second-order valence-corrected chi connectivity index (χ2v) is 14.7. The molecule has 1 aliphatic carbocycles. The van der Waals surface area contributed by atoms with Crippen molar-refractivity contribution < 1.29 is 0 Å². The van der Waals surface area contributed by atoms with Crippen molar-refractivity contribution in [2.75, 3.05) is 9.80 Å². The van der Waals surface area contributed by atoms with Gasteiger partial charge in [0.2, 0.25) is 0 Å². The molecule has 0 radical (unpaired) electrons. The van der Waals surface area contributed by atoms with Gasteiger partial charge < -0.3 is 9.80 Å². The van der Waals surface area contributed by atoms with E-state index in [-0.39, 0.29) is 0 Å². The first-order chi connectivity index (χ1) is 28.2. The third-order valence-electron chi connectivity index (χ3n) is 10.7. The van der Waals surface area contributed by atoms with Crippen LogP contribution in [0.2, 0.25) is 0 Å². The molecule has 274 valence electrons. The Balaban J connectivity index is 1.11. The van der Waals surface area contributed by atoms with E-state index >= 15 is 0 Å². The van der Waals surface area contributed by atoms with Crippen LogP contribution in [0, 0.1) is 0 Å². The minimum Gasteiger partial charge on any atom is -0.314 e. The zero-order valence-electron chi connectivity index (χ0n) is 31.5. The monoisotopic (exact) mass is 752 g/mol. The Kier molecular flexibility index (Phi) is 10.3. The molecule has 0 N–H and O–H groups in total. The summed E-state index contributed by atoms with van der Waals surface area (Å²) in [6, 6.07) is 77.5. The number of allylic oxidation sites excluding steroid dienone is 4. The smallest absolute Gasteiger partial charge is 0.0622 e. The van der Waals surface area contributed by atoms with Crippen molar-refractivity contribution in [1.82, 2.24) is 0 Å². The molecule has 3 heteroatoms. The molecule has 0 atom stereocenters. The minimum atomic E-state index is 0.724. The summed E-state index contributed by atoms with van der Waals surface area (Å²) in [7, 11) is 0. The molecule has 1 aliphatic rings. The molecule has 8 aromatic rings. The van der Waals surface area contributed by atoms with E-state index in [1.165, 1.54) is 44.5 Å². The van der Waals surface area contributed by atoms with E-state index < -0.39 is 0 Å². The van der Waals surface area contributed by atoms with Gasteiger partial charge in [-0.3, -0.25) is 0 Å². The van der Waals surface area contributed by atoms with E-state index in [1.54, 1.807) is 0 Å². The highest BCUT2D eigenvalue weighted by molar-refractivity contribution is 6.32. The normalized spacial score (nSPS) is 12.5. The molecule has 0 aliphatic heterocycles. The van der Waals surface area contributed by atoms with Crippen LogP contribution in [0.1, 0.15) is 12.8 Å². The zero-order chi connectivity index (χ0) is 38.4. The summed E-state index contributed by atoms with van der Waals surface area (Å²) < 4.78 is 0. The lowest BCUT2D eigenvalue weighted by Crippen LogP contribution is -2.23. The largest absolute Gasteiger partial charge is 0.314 e. The van der Waals surface area contributed by atoms with E-state index in [2.05, 4.69) is 234 Å². The summed E-state index contributed by atoms with van der Waals surface area (Å²) in [6.45, 7) is 0. The molecule has 0 amide bonds. The van der Waals surface area contributed by atoms with Crippen molar-refractivity contribution in [3.63, 3.8) is 0 Å². The predicted molar refractivity (Wildman–Crippen MR) is 242 cm³/mol. The first-order valence-corrected chi connectivity index (χ1v) is 19.9. The van der Waals surface area contributed by atoms with Gasteiger partial charge in [-0.25, -0.2) is 0 Å². The van der Waals surface area contributed by atoms with Crippen LogP contribution in [0.15, 0.2) is 241 Å². The van der Waals surface area contributed by atoms with E-state index in [1.807, 2.05) is 0 Å². The van der Waals surface area contributed by atoms with Crippen LogP contribution >= 0.6 is 11.6 Å². The van der Waals surface area contributed by atoms with Gasteiger partial charge in [-0.2, -0.15) is 0 Å². The number of rotatable bonds is 10. The lowest BCUT2D eigenvalue weighted by molar-refractivity contribution is 0.846. The Bertz CT molecular complexity index is 2450. The highest BCUT2D eigenvalue weighted by atomic mass is 35.5. The van der Waals surface area contributed by atoms with E-state index in [0.717, 1.165) is 52.0 Å². The third kappa shape index (κ3) is 7.82. The van der Waals surface area contributed by atoms with Crippen LogP contribution in [0.5, 0.6) is 0 Å². The molecule has 0 saturated carbocycles. The summed E-state index contributed by atoms with van der Waals surface area (Å²) in [5.41, 5.74) is 16.0. The molecular weight excluding hydrogens is 712 g/mol. The van der Waals surface area contributed by atoms with Gasteiger partial charge in [0.05, 0.1) is 5.03 Å². The van der Waals surface area contributed by atoms with Gasteiger partial charge in [0.25, 0.3) is 0 Å². The number of hydrogen-bond acceptors (Lipinski definition) is 2.